The number of nitrogens with zero attached hydrogens (tertiary/aromatic N) is 1. The maximum Gasteiger partial charge on any atom is 0.269 e. The molecule has 1 aromatic rings. The molecule has 0 aliphatic carbocycles. The fourth-order valence-corrected chi connectivity index (χ4v) is 2.59. The van der Waals surface area contributed by atoms with Crippen LogP contribution in [0.3, 0.4) is 0 Å². The monoisotopic (exact) mass is 278 g/mol. The van der Waals surface area contributed by atoms with Crippen molar-refractivity contribution in [2.24, 2.45) is 0 Å². The van der Waals surface area contributed by atoms with Crippen molar-refractivity contribution in [2.45, 2.75) is 51.3 Å². The van der Waals surface area contributed by atoms with Crippen LogP contribution in [0.4, 0.5) is 5.69 Å². The van der Waals surface area contributed by atoms with Crippen molar-refractivity contribution in [3.63, 3.8) is 0 Å². The summed E-state index contributed by atoms with van der Waals surface area (Å²) in [4.78, 5) is 10.2. The second-order valence-electron chi connectivity index (χ2n) is 5.31. The van der Waals surface area contributed by atoms with Crippen molar-refractivity contribution in [1.82, 2.24) is 5.32 Å². The first-order valence-corrected chi connectivity index (χ1v) is 7.27. The van der Waals surface area contributed by atoms with E-state index in [0.717, 1.165) is 44.4 Å². The molecule has 1 aliphatic rings. The first kappa shape index (κ1) is 14.9. The van der Waals surface area contributed by atoms with Crippen LogP contribution in [0.5, 0.6) is 0 Å². The third-order valence-electron chi connectivity index (χ3n) is 3.72. The highest BCUT2D eigenvalue weighted by Crippen LogP contribution is 2.18. The molecule has 1 saturated heterocycles. The minimum absolute atomic E-state index is 0.142. The number of nitro benzene ring substituents is 1. The minimum Gasteiger partial charge on any atom is -0.378 e. The first-order chi connectivity index (χ1) is 9.69. The van der Waals surface area contributed by atoms with Gasteiger partial charge in [-0.1, -0.05) is 25.5 Å². The molecule has 2 unspecified atom stereocenters. The summed E-state index contributed by atoms with van der Waals surface area (Å²) >= 11 is 0. The number of hydrogen-bond acceptors (Lipinski definition) is 4. The van der Waals surface area contributed by atoms with Crippen LogP contribution in [0.25, 0.3) is 0 Å². The maximum atomic E-state index is 10.6. The molecule has 5 heteroatoms. The third kappa shape index (κ3) is 4.28. The molecular weight excluding hydrogens is 256 g/mol. The van der Waals surface area contributed by atoms with E-state index in [2.05, 4.69) is 12.2 Å². The van der Waals surface area contributed by atoms with Gasteiger partial charge in [-0.2, -0.15) is 0 Å². The molecule has 0 saturated carbocycles. The number of nitro groups is 1. The molecule has 2 rings (SSSR count). The molecule has 1 N–H and O–H groups in total. The highest BCUT2D eigenvalue weighted by atomic mass is 16.6. The molecular formula is C15H22N2O3. The van der Waals surface area contributed by atoms with E-state index >= 15 is 0 Å². The average Bonchev–Trinajstić information content (AvgIpc) is 2.46. The van der Waals surface area contributed by atoms with E-state index in [4.69, 9.17) is 4.74 Å². The molecule has 1 aliphatic heterocycles. The summed E-state index contributed by atoms with van der Waals surface area (Å²) in [6, 6.07) is 7.22. The van der Waals surface area contributed by atoms with Crippen LogP contribution in [-0.4, -0.2) is 23.7 Å². The predicted molar refractivity (Wildman–Crippen MR) is 77.6 cm³/mol. The third-order valence-corrected chi connectivity index (χ3v) is 3.72. The Morgan fingerprint density at radius 1 is 1.40 bits per heavy atom. The van der Waals surface area contributed by atoms with E-state index in [1.165, 1.54) is 0 Å². The maximum absolute atomic E-state index is 10.6. The van der Waals surface area contributed by atoms with E-state index in [1.807, 2.05) is 12.1 Å². The van der Waals surface area contributed by atoms with Crippen LogP contribution in [0, 0.1) is 10.1 Å². The number of rotatable bonds is 6. The Morgan fingerprint density at radius 3 is 2.80 bits per heavy atom. The SMILES string of the molecule is CCCC1CC(NCc2ccc([N+](=O)[O-])cc2)CCO1. The lowest BCUT2D eigenvalue weighted by atomic mass is 10.00. The average molecular weight is 278 g/mol. The summed E-state index contributed by atoms with van der Waals surface area (Å²) in [6.07, 6.45) is 4.74. The Morgan fingerprint density at radius 2 is 2.15 bits per heavy atom. The molecule has 1 aromatic carbocycles. The van der Waals surface area contributed by atoms with Gasteiger partial charge in [0.2, 0.25) is 0 Å². The van der Waals surface area contributed by atoms with Gasteiger partial charge in [-0.15, -0.1) is 0 Å². The van der Waals surface area contributed by atoms with Crippen molar-refractivity contribution >= 4 is 5.69 Å². The summed E-state index contributed by atoms with van der Waals surface area (Å²) in [7, 11) is 0. The summed E-state index contributed by atoms with van der Waals surface area (Å²) in [5.41, 5.74) is 1.22. The number of hydrogen-bond donors (Lipinski definition) is 1. The van der Waals surface area contributed by atoms with E-state index < -0.39 is 0 Å². The van der Waals surface area contributed by atoms with Gasteiger partial charge in [-0.25, -0.2) is 0 Å². The number of benzene rings is 1. The van der Waals surface area contributed by atoms with Gasteiger partial charge in [0, 0.05) is 31.3 Å². The van der Waals surface area contributed by atoms with Crippen LogP contribution in [-0.2, 0) is 11.3 Å². The van der Waals surface area contributed by atoms with Gasteiger partial charge in [-0.05, 0) is 24.8 Å². The van der Waals surface area contributed by atoms with Crippen molar-refractivity contribution in [1.29, 1.82) is 0 Å². The molecule has 1 heterocycles. The molecule has 0 amide bonds. The van der Waals surface area contributed by atoms with Crippen LogP contribution in [0.1, 0.15) is 38.2 Å². The molecule has 0 bridgehead atoms. The Bertz CT molecular complexity index is 431. The first-order valence-electron chi connectivity index (χ1n) is 7.27. The number of nitrogens with one attached hydrogen (secondary N) is 1. The second-order valence-corrected chi connectivity index (χ2v) is 5.31. The lowest BCUT2D eigenvalue weighted by Crippen LogP contribution is -2.38. The van der Waals surface area contributed by atoms with E-state index in [-0.39, 0.29) is 10.6 Å². The summed E-state index contributed by atoms with van der Waals surface area (Å²) in [6.45, 7) is 3.75. The van der Waals surface area contributed by atoms with Crippen molar-refractivity contribution < 1.29 is 9.66 Å². The number of ether oxygens (including phenoxy) is 1. The Labute approximate surface area is 119 Å². The Balaban J connectivity index is 1.80. The fraction of sp³-hybridized carbons (Fsp3) is 0.600. The number of non-ortho nitro benzene ring substituents is 1. The normalized spacial score (nSPS) is 22.6. The Hall–Kier alpha value is -1.46. The fourth-order valence-electron chi connectivity index (χ4n) is 2.59. The second kappa shape index (κ2) is 7.36. The standard InChI is InChI=1S/C15H22N2O3/c1-2-3-15-10-13(8-9-20-15)16-11-12-4-6-14(7-5-12)17(18)19/h4-7,13,15-16H,2-3,8-11H2,1H3. The van der Waals surface area contributed by atoms with Crippen molar-refractivity contribution in [2.75, 3.05) is 6.61 Å². The van der Waals surface area contributed by atoms with E-state index in [1.54, 1.807) is 12.1 Å². The van der Waals surface area contributed by atoms with Crippen molar-refractivity contribution in [3.05, 3.63) is 39.9 Å². The topological polar surface area (TPSA) is 64.4 Å². The highest BCUT2D eigenvalue weighted by Gasteiger charge is 2.21. The van der Waals surface area contributed by atoms with Gasteiger partial charge >= 0.3 is 0 Å². The molecule has 110 valence electrons. The molecule has 1 fully saturated rings. The minimum atomic E-state index is -0.370. The van der Waals surface area contributed by atoms with Crippen LogP contribution in [0.2, 0.25) is 0 Å². The van der Waals surface area contributed by atoms with Gasteiger partial charge < -0.3 is 10.1 Å². The predicted octanol–water partition coefficient (Wildman–Crippen LogP) is 3.03. The van der Waals surface area contributed by atoms with Crippen LogP contribution in [0.15, 0.2) is 24.3 Å². The molecule has 2 atom stereocenters. The van der Waals surface area contributed by atoms with Crippen molar-refractivity contribution in [3.8, 4) is 0 Å². The summed E-state index contributed by atoms with van der Waals surface area (Å²) < 4.78 is 5.73. The molecule has 0 radical (unpaired) electrons. The summed E-state index contributed by atoms with van der Waals surface area (Å²) in [5.74, 6) is 0. The largest absolute Gasteiger partial charge is 0.378 e. The zero-order valence-corrected chi connectivity index (χ0v) is 11.9. The molecule has 0 spiro atoms. The zero-order chi connectivity index (χ0) is 14.4. The van der Waals surface area contributed by atoms with E-state index in [0.29, 0.717) is 12.1 Å². The van der Waals surface area contributed by atoms with Gasteiger partial charge in [-0.3, -0.25) is 10.1 Å². The lowest BCUT2D eigenvalue weighted by Gasteiger charge is -2.30. The van der Waals surface area contributed by atoms with Gasteiger partial charge in [0.05, 0.1) is 11.0 Å². The molecule has 5 nitrogen and oxygen atoms in total. The molecule has 0 aromatic heterocycles. The smallest absolute Gasteiger partial charge is 0.269 e. The van der Waals surface area contributed by atoms with E-state index in [9.17, 15) is 10.1 Å². The van der Waals surface area contributed by atoms with Gasteiger partial charge in [0.15, 0.2) is 0 Å². The van der Waals surface area contributed by atoms with Gasteiger partial charge in [0.1, 0.15) is 0 Å². The Kier molecular flexibility index (Phi) is 5.49. The van der Waals surface area contributed by atoms with Gasteiger partial charge in [0.25, 0.3) is 5.69 Å². The quantitative estimate of drug-likeness (QED) is 0.641. The van der Waals surface area contributed by atoms with Crippen LogP contribution >= 0.6 is 0 Å². The zero-order valence-electron chi connectivity index (χ0n) is 11.9. The molecule has 20 heavy (non-hydrogen) atoms. The van der Waals surface area contributed by atoms with Crippen LogP contribution < -0.4 is 5.32 Å². The summed E-state index contributed by atoms with van der Waals surface area (Å²) in [5, 5.41) is 14.1. The highest BCUT2D eigenvalue weighted by molar-refractivity contribution is 5.32. The lowest BCUT2D eigenvalue weighted by molar-refractivity contribution is -0.384.